The second-order valence-electron chi connectivity index (χ2n) is 4.33. The van der Waals surface area contributed by atoms with Crippen molar-refractivity contribution in [1.82, 2.24) is 4.31 Å². The molecular weight excluding hydrogens is 329 g/mol. The fourth-order valence-corrected chi connectivity index (χ4v) is 3.83. The molecule has 0 aliphatic heterocycles. The minimum absolute atomic E-state index is 0.144. The minimum atomic E-state index is -3.58. The Bertz CT molecular complexity index is 532. The molecule has 1 aromatic rings. The molecule has 0 atom stereocenters. The summed E-state index contributed by atoms with van der Waals surface area (Å²) in [4.78, 5) is 0.144. The molecule has 19 heavy (non-hydrogen) atoms. The van der Waals surface area contributed by atoms with Crippen molar-refractivity contribution in [2.24, 2.45) is 0 Å². The molecule has 0 unspecified atom stereocenters. The predicted octanol–water partition coefficient (Wildman–Crippen LogP) is 4.02. The van der Waals surface area contributed by atoms with Crippen LogP contribution in [0.5, 0.6) is 0 Å². The lowest BCUT2D eigenvalue weighted by Crippen LogP contribution is -2.37. The lowest BCUT2D eigenvalue weighted by Gasteiger charge is -2.25. The maximum Gasteiger partial charge on any atom is 0.243 e. The van der Waals surface area contributed by atoms with Gasteiger partial charge >= 0.3 is 0 Å². The Morgan fingerprint density at radius 2 is 1.84 bits per heavy atom. The zero-order chi connectivity index (χ0) is 14.6. The summed E-state index contributed by atoms with van der Waals surface area (Å²) in [5.41, 5.74) is 0. The Balaban J connectivity index is 3.15. The van der Waals surface area contributed by atoms with E-state index in [9.17, 15) is 8.42 Å². The maximum absolute atomic E-state index is 12.5. The third kappa shape index (κ3) is 4.23. The summed E-state index contributed by atoms with van der Waals surface area (Å²) in [7, 11) is -3.58. The van der Waals surface area contributed by atoms with Gasteiger partial charge in [-0.25, -0.2) is 8.42 Å². The fourth-order valence-electron chi connectivity index (χ4n) is 1.64. The molecule has 0 fully saturated rings. The van der Waals surface area contributed by atoms with Gasteiger partial charge in [0, 0.05) is 18.5 Å². The molecule has 108 valence electrons. The number of rotatable bonds is 6. The van der Waals surface area contributed by atoms with Gasteiger partial charge in [0.25, 0.3) is 0 Å². The third-order valence-corrected chi connectivity index (χ3v) is 5.66. The van der Waals surface area contributed by atoms with E-state index in [2.05, 4.69) is 0 Å². The van der Waals surface area contributed by atoms with Gasteiger partial charge < -0.3 is 0 Å². The summed E-state index contributed by atoms with van der Waals surface area (Å²) < 4.78 is 26.5. The van der Waals surface area contributed by atoms with Crippen molar-refractivity contribution in [3.8, 4) is 0 Å². The Labute approximate surface area is 129 Å². The van der Waals surface area contributed by atoms with Gasteiger partial charge in [-0.15, -0.1) is 11.6 Å². The molecule has 3 nitrogen and oxygen atoms in total. The molecule has 0 aliphatic rings. The van der Waals surface area contributed by atoms with Crippen LogP contribution in [0.3, 0.4) is 0 Å². The van der Waals surface area contributed by atoms with Gasteiger partial charge in [0.1, 0.15) is 0 Å². The van der Waals surface area contributed by atoms with Crippen LogP contribution in [0.15, 0.2) is 23.1 Å². The Hall–Kier alpha value is -0.000000000000000111. The minimum Gasteiger partial charge on any atom is -0.207 e. The number of nitrogens with zero attached hydrogens (tertiary/aromatic N) is 1. The zero-order valence-corrected chi connectivity index (χ0v) is 13.8. The third-order valence-electron chi connectivity index (χ3n) is 2.59. The highest BCUT2D eigenvalue weighted by molar-refractivity contribution is 7.89. The van der Waals surface area contributed by atoms with E-state index >= 15 is 0 Å². The Kier molecular flexibility index (Phi) is 6.40. The molecule has 0 saturated carbocycles. The quantitative estimate of drug-likeness (QED) is 0.731. The normalized spacial score (nSPS) is 12.4. The highest BCUT2D eigenvalue weighted by Crippen LogP contribution is 2.27. The molecule has 0 bridgehead atoms. The average Bonchev–Trinajstić information content (AvgIpc) is 2.32. The average molecular weight is 345 g/mol. The molecule has 7 heteroatoms. The van der Waals surface area contributed by atoms with E-state index in [1.165, 1.54) is 22.5 Å². The molecule has 1 rings (SSSR count). The SMILES string of the molecule is CC(C)N(CCCCl)S(=O)(=O)c1ccc(Cl)c(Cl)c1. The molecule has 0 amide bonds. The van der Waals surface area contributed by atoms with E-state index in [1.54, 1.807) is 0 Å². The second kappa shape index (κ2) is 7.14. The first-order valence-electron chi connectivity index (χ1n) is 5.83. The van der Waals surface area contributed by atoms with Gasteiger partial charge in [-0.1, -0.05) is 23.2 Å². The van der Waals surface area contributed by atoms with E-state index in [1.807, 2.05) is 13.8 Å². The van der Waals surface area contributed by atoms with Crippen LogP contribution in [0.1, 0.15) is 20.3 Å². The molecule has 0 radical (unpaired) electrons. The monoisotopic (exact) mass is 343 g/mol. The van der Waals surface area contributed by atoms with Gasteiger partial charge in [-0.3, -0.25) is 0 Å². The lowest BCUT2D eigenvalue weighted by molar-refractivity contribution is 0.354. The number of alkyl halides is 1. The molecule has 0 heterocycles. The highest BCUT2D eigenvalue weighted by atomic mass is 35.5. The molecular formula is C12H16Cl3NO2S. The van der Waals surface area contributed by atoms with Crippen LogP contribution >= 0.6 is 34.8 Å². The Morgan fingerprint density at radius 3 is 2.32 bits per heavy atom. The molecule has 0 aliphatic carbocycles. The van der Waals surface area contributed by atoms with Gasteiger partial charge in [-0.05, 0) is 38.5 Å². The van der Waals surface area contributed by atoms with E-state index in [0.717, 1.165) is 0 Å². The van der Waals surface area contributed by atoms with Crippen molar-refractivity contribution in [2.75, 3.05) is 12.4 Å². The van der Waals surface area contributed by atoms with E-state index in [4.69, 9.17) is 34.8 Å². The highest BCUT2D eigenvalue weighted by Gasteiger charge is 2.26. The van der Waals surface area contributed by atoms with Crippen molar-refractivity contribution < 1.29 is 8.42 Å². The zero-order valence-electron chi connectivity index (χ0n) is 10.7. The molecule has 0 aromatic heterocycles. The van der Waals surface area contributed by atoms with E-state index in [-0.39, 0.29) is 16.0 Å². The largest absolute Gasteiger partial charge is 0.243 e. The number of benzene rings is 1. The van der Waals surface area contributed by atoms with Gasteiger partial charge in [0.2, 0.25) is 10.0 Å². The van der Waals surface area contributed by atoms with Crippen LogP contribution < -0.4 is 0 Å². The summed E-state index contributed by atoms with van der Waals surface area (Å²) in [6.45, 7) is 4.02. The molecule has 1 aromatic carbocycles. The van der Waals surface area contributed by atoms with Crippen molar-refractivity contribution in [1.29, 1.82) is 0 Å². The smallest absolute Gasteiger partial charge is 0.207 e. The summed E-state index contributed by atoms with van der Waals surface area (Å²) >= 11 is 17.3. The first kappa shape index (κ1) is 17.1. The van der Waals surface area contributed by atoms with Crippen LogP contribution in [0.25, 0.3) is 0 Å². The van der Waals surface area contributed by atoms with Crippen molar-refractivity contribution in [3.63, 3.8) is 0 Å². The molecule has 0 spiro atoms. The maximum atomic E-state index is 12.5. The van der Waals surface area contributed by atoms with Crippen LogP contribution in [-0.2, 0) is 10.0 Å². The van der Waals surface area contributed by atoms with Crippen LogP contribution in [-0.4, -0.2) is 31.2 Å². The predicted molar refractivity (Wildman–Crippen MR) is 80.8 cm³/mol. The lowest BCUT2D eigenvalue weighted by atomic mass is 10.3. The summed E-state index contributed by atoms with van der Waals surface area (Å²) in [5, 5.41) is 0.557. The topological polar surface area (TPSA) is 37.4 Å². The van der Waals surface area contributed by atoms with Crippen LogP contribution in [0, 0.1) is 0 Å². The van der Waals surface area contributed by atoms with Crippen LogP contribution in [0.4, 0.5) is 0 Å². The summed E-state index contributed by atoms with van der Waals surface area (Å²) in [5.74, 6) is 0.417. The van der Waals surface area contributed by atoms with Crippen LogP contribution in [0.2, 0.25) is 10.0 Å². The van der Waals surface area contributed by atoms with Crippen molar-refractivity contribution >= 4 is 44.8 Å². The summed E-state index contributed by atoms with van der Waals surface area (Å²) in [6, 6.07) is 4.16. The van der Waals surface area contributed by atoms with Gasteiger partial charge in [0.05, 0.1) is 14.9 Å². The van der Waals surface area contributed by atoms with Gasteiger partial charge in [-0.2, -0.15) is 4.31 Å². The van der Waals surface area contributed by atoms with Crippen molar-refractivity contribution in [2.45, 2.75) is 31.2 Å². The number of hydrogen-bond donors (Lipinski definition) is 0. The molecule has 0 saturated heterocycles. The second-order valence-corrected chi connectivity index (χ2v) is 7.41. The standard InChI is InChI=1S/C12H16Cl3NO2S/c1-9(2)16(7-3-6-13)19(17,18)10-4-5-11(14)12(15)8-10/h4-5,8-9H,3,6-7H2,1-2H3. The van der Waals surface area contributed by atoms with Gasteiger partial charge in [0.15, 0.2) is 0 Å². The first-order chi connectivity index (χ1) is 8.80. The summed E-state index contributed by atoms with van der Waals surface area (Å²) in [6.07, 6.45) is 0.598. The number of halogens is 3. The molecule has 0 N–H and O–H groups in total. The fraction of sp³-hybridized carbons (Fsp3) is 0.500. The van der Waals surface area contributed by atoms with Crippen molar-refractivity contribution in [3.05, 3.63) is 28.2 Å². The number of hydrogen-bond acceptors (Lipinski definition) is 2. The number of sulfonamides is 1. The Morgan fingerprint density at radius 1 is 1.21 bits per heavy atom. The van der Waals surface area contributed by atoms with E-state index < -0.39 is 10.0 Å². The van der Waals surface area contributed by atoms with E-state index in [0.29, 0.717) is 23.9 Å². The first-order valence-corrected chi connectivity index (χ1v) is 8.56.